The van der Waals surface area contributed by atoms with E-state index >= 15 is 0 Å². The number of hydrogen-bond donors (Lipinski definition) is 1. The average Bonchev–Trinajstić information content (AvgIpc) is 3.18. The molecule has 1 amide bonds. The highest BCUT2D eigenvalue weighted by Crippen LogP contribution is 2.53. The van der Waals surface area contributed by atoms with Crippen LogP contribution in [0.4, 0.5) is 5.69 Å². The average molecular weight is 354 g/mol. The van der Waals surface area contributed by atoms with Gasteiger partial charge < -0.3 is 10.1 Å². The maximum Gasteiger partial charge on any atom is 0.333 e. The molecule has 138 valence electrons. The topological polar surface area (TPSA) is 58.6 Å². The molecule has 26 heavy (non-hydrogen) atoms. The normalized spacial score (nSPS) is 32.8. The lowest BCUT2D eigenvalue weighted by atomic mass is 9.67. The molecule has 3 heterocycles. The molecule has 4 atom stereocenters. The lowest BCUT2D eigenvalue weighted by Gasteiger charge is -2.45. The first-order valence-electron chi connectivity index (χ1n) is 9.45. The Morgan fingerprint density at radius 2 is 2.19 bits per heavy atom. The number of carbonyl (C=O) groups excluding carboxylic acids is 2. The van der Waals surface area contributed by atoms with Crippen molar-refractivity contribution < 1.29 is 14.3 Å². The Morgan fingerprint density at radius 3 is 2.92 bits per heavy atom. The number of anilines is 1. The second-order valence-electron chi connectivity index (χ2n) is 7.76. The molecule has 1 N–H and O–H groups in total. The third kappa shape index (κ3) is 2.26. The fourth-order valence-electron chi connectivity index (χ4n) is 5.42. The molecule has 1 spiro atoms. The van der Waals surface area contributed by atoms with E-state index in [0.29, 0.717) is 11.5 Å². The van der Waals surface area contributed by atoms with Crippen LogP contribution >= 0.6 is 0 Å². The van der Waals surface area contributed by atoms with Crippen LogP contribution in [0.5, 0.6) is 0 Å². The highest BCUT2D eigenvalue weighted by atomic mass is 16.5. The van der Waals surface area contributed by atoms with Gasteiger partial charge in [0, 0.05) is 23.8 Å². The number of rotatable bonds is 3. The lowest BCUT2D eigenvalue weighted by Crippen LogP contribution is -2.53. The van der Waals surface area contributed by atoms with Gasteiger partial charge in [0.05, 0.1) is 12.5 Å². The number of nitrogens with one attached hydrogen (secondary N) is 1. The molecule has 0 aliphatic carbocycles. The number of piperidine rings is 1. The maximum absolute atomic E-state index is 13.1. The molecular formula is C21H26N2O3. The summed E-state index contributed by atoms with van der Waals surface area (Å²) in [5.74, 6) is 0.200. The minimum Gasteiger partial charge on any atom is -0.466 e. The zero-order chi connectivity index (χ0) is 18.5. The van der Waals surface area contributed by atoms with Crippen LogP contribution in [0.1, 0.15) is 31.7 Å². The number of fused-ring (bicyclic) bond motifs is 4. The predicted molar refractivity (Wildman–Crippen MR) is 99.8 cm³/mol. The summed E-state index contributed by atoms with van der Waals surface area (Å²) in [6.07, 6.45) is 2.59. The van der Waals surface area contributed by atoms with Crippen LogP contribution in [0.2, 0.25) is 0 Å². The molecule has 0 aromatic heterocycles. The van der Waals surface area contributed by atoms with Gasteiger partial charge in [0.2, 0.25) is 5.91 Å². The number of esters is 1. The zero-order valence-electron chi connectivity index (χ0n) is 15.5. The van der Waals surface area contributed by atoms with Crippen molar-refractivity contribution in [3.05, 3.63) is 42.0 Å². The number of para-hydroxylation sites is 1. The van der Waals surface area contributed by atoms with Gasteiger partial charge in [-0.15, -0.1) is 0 Å². The van der Waals surface area contributed by atoms with Crippen molar-refractivity contribution in [2.75, 3.05) is 25.5 Å². The van der Waals surface area contributed by atoms with E-state index < -0.39 is 5.41 Å². The Balaban J connectivity index is 1.72. The Labute approximate surface area is 154 Å². The van der Waals surface area contributed by atoms with E-state index in [-0.39, 0.29) is 23.8 Å². The summed E-state index contributed by atoms with van der Waals surface area (Å²) >= 11 is 0. The van der Waals surface area contributed by atoms with Gasteiger partial charge in [0.25, 0.3) is 0 Å². The summed E-state index contributed by atoms with van der Waals surface area (Å²) in [4.78, 5) is 27.7. The first-order chi connectivity index (χ1) is 12.5. The summed E-state index contributed by atoms with van der Waals surface area (Å²) in [6, 6.07) is 8.12. The molecule has 2 fully saturated rings. The van der Waals surface area contributed by atoms with Crippen LogP contribution in [-0.4, -0.2) is 43.0 Å². The van der Waals surface area contributed by atoms with Gasteiger partial charge in [-0.3, -0.25) is 9.69 Å². The first-order valence-corrected chi connectivity index (χ1v) is 9.45. The molecule has 2 saturated heterocycles. The van der Waals surface area contributed by atoms with Crippen molar-refractivity contribution in [2.45, 2.75) is 37.6 Å². The van der Waals surface area contributed by atoms with E-state index in [0.717, 1.165) is 43.6 Å². The SMILES string of the molecule is C=C(C(=O)OC)[C@H]1C[C@@H]2N(CC[C@@]23C(=O)Nc2ccccc23)C[C@@H]1CC. The van der Waals surface area contributed by atoms with Crippen LogP contribution < -0.4 is 5.32 Å². The lowest BCUT2D eigenvalue weighted by molar-refractivity contribution is -0.137. The second-order valence-corrected chi connectivity index (χ2v) is 7.76. The van der Waals surface area contributed by atoms with Gasteiger partial charge in [0.1, 0.15) is 0 Å². The van der Waals surface area contributed by atoms with Crippen LogP contribution in [0, 0.1) is 11.8 Å². The Kier molecular flexibility index (Phi) is 4.14. The van der Waals surface area contributed by atoms with E-state index in [1.54, 1.807) is 0 Å². The number of benzene rings is 1. The van der Waals surface area contributed by atoms with Crippen molar-refractivity contribution in [2.24, 2.45) is 11.8 Å². The Hall–Kier alpha value is -2.14. The Bertz CT molecular complexity index is 774. The van der Waals surface area contributed by atoms with E-state index in [4.69, 9.17) is 4.74 Å². The van der Waals surface area contributed by atoms with Crippen molar-refractivity contribution in [3.63, 3.8) is 0 Å². The fourth-order valence-corrected chi connectivity index (χ4v) is 5.42. The van der Waals surface area contributed by atoms with Gasteiger partial charge in [0.15, 0.2) is 0 Å². The summed E-state index contributed by atoms with van der Waals surface area (Å²) in [5.41, 5.74) is 2.08. The highest BCUT2D eigenvalue weighted by molar-refractivity contribution is 6.07. The first kappa shape index (κ1) is 17.3. The van der Waals surface area contributed by atoms with Crippen molar-refractivity contribution in [1.29, 1.82) is 0 Å². The minimum absolute atomic E-state index is 0.0595. The number of amides is 1. The molecule has 4 rings (SSSR count). The fraction of sp³-hybridized carbons (Fsp3) is 0.524. The van der Waals surface area contributed by atoms with Gasteiger partial charge in [-0.25, -0.2) is 4.79 Å². The second kappa shape index (κ2) is 6.23. The van der Waals surface area contributed by atoms with E-state index in [1.165, 1.54) is 7.11 Å². The molecular weight excluding hydrogens is 328 g/mol. The van der Waals surface area contributed by atoms with Gasteiger partial charge in [-0.1, -0.05) is 38.1 Å². The molecule has 0 saturated carbocycles. The molecule has 1 aromatic carbocycles. The zero-order valence-corrected chi connectivity index (χ0v) is 15.5. The molecule has 0 radical (unpaired) electrons. The standard InChI is InChI=1S/C21H26N2O3/c1-4-14-12-23-10-9-21(16-7-5-6-8-17(16)22-20(21)25)18(23)11-15(14)13(2)19(24)26-3/h5-8,14-15,18H,2,4,9-12H2,1,3H3,(H,22,25)/t14-,15+,18-,21-/m0/s1. The highest BCUT2D eigenvalue weighted by Gasteiger charge is 2.59. The minimum atomic E-state index is -0.510. The number of nitrogens with zero attached hydrogens (tertiary/aromatic N) is 1. The quantitative estimate of drug-likeness (QED) is 0.670. The van der Waals surface area contributed by atoms with Crippen LogP contribution in [-0.2, 0) is 19.7 Å². The van der Waals surface area contributed by atoms with Crippen molar-refractivity contribution in [3.8, 4) is 0 Å². The predicted octanol–water partition coefficient (Wildman–Crippen LogP) is 2.73. The molecule has 1 aromatic rings. The molecule has 3 aliphatic heterocycles. The smallest absolute Gasteiger partial charge is 0.333 e. The number of ether oxygens (including phenoxy) is 1. The van der Waals surface area contributed by atoms with Crippen LogP contribution in [0.15, 0.2) is 36.4 Å². The van der Waals surface area contributed by atoms with Gasteiger partial charge in [-0.2, -0.15) is 0 Å². The molecule has 0 unspecified atom stereocenters. The Morgan fingerprint density at radius 1 is 1.42 bits per heavy atom. The monoisotopic (exact) mass is 354 g/mol. The third-order valence-electron chi connectivity index (χ3n) is 6.80. The van der Waals surface area contributed by atoms with Gasteiger partial charge >= 0.3 is 5.97 Å². The van der Waals surface area contributed by atoms with Crippen LogP contribution in [0.3, 0.4) is 0 Å². The summed E-state index contributed by atoms with van der Waals surface area (Å²) in [7, 11) is 1.40. The molecule has 5 heteroatoms. The molecule has 3 aliphatic rings. The van der Waals surface area contributed by atoms with Crippen molar-refractivity contribution in [1.82, 2.24) is 4.90 Å². The summed E-state index contributed by atoms with van der Waals surface area (Å²) in [6.45, 7) is 8.02. The van der Waals surface area contributed by atoms with E-state index in [2.05, 4.69) is 29.8 Å². The molecule has 5 nitrogen and oxygen atoms in total. The maximum atomic E-state index is 13.1. The summed E-state index contributed by atoms with van der Waals surface area (Å²) < 4.78 is 4.93. The van der Waals surface area contributed by atoms with Gasteiger partial charge in [-0.05, 0) is 42.9 Å². The third-order valence-corrected chi connectivity index (χ3v) is 6.80. The van der Waals surface area contributed by atoms with E-state index in [1.807, 2.05) is 18.2 Å². The number of carbonyl (C=O) groups is 2. The largest absolute Gasteiger partial charge is 0.466 e. The van der Waals surface area contributed by atoms with Crippen molar-refractivity contribution >= 4 is 17.6 Å². The van der Waals surface area contributed by atoms with Crippen LogP contribution in [0.25, 0.3) is 0 Å². The number of methoxy groups -OCH3 is 1. The number of hydrogen-bond acceptors (Lipinski definition) is 4. The molecule has 0 bridgehead atoms. The van der Waals surface area contributed by atoms with E-state index in [9.17, 15) is 9.59 Å². The summed E-state index contributed by atoms with van der Waals surface area (Å²) in [5, 5.41) is 3.09.